The van der Waals surface area contributed by atoms with Crippen LogP contribution in [0, 0.1) is 17.8 Å². The molecule has 2 atom stereocenters. The third-order valence-corrected chi connectivity index (χ3v) is 3.70. The molecule has 2 aliphatic rings. The molecule has 1 aliphatic carbocycles. The summed E-state index contributed by atoms with van der Waals surface area (Å²) in [5.41, 5.74) is 0. The summed E-state index contributed by atoms with van der Waals surface area (Å²) in [7, 11) is 3.24. The number of hydroxylamine groups is 2. The van der Waals surface area contributed by atoms with Gasteiger partial charge in [-0.05, 0) is 44.2 Å². The summed E-state index contributed by atoms with van der Waals surface area (Å²) in [6.45, 7) is 2.16. The van der Waals surface area contributed by atoms with Gasteiger partial charge < -0.3 is 5.32 Å². The van der Waals surface area contributed by atoms with E-state index in [-0.39, 0.29) is 11.8 Å². The zero-order chi connectivity index (χ0) is 10.8. The average molecular weight is 212 g/mol. The van der Waals surface area contributed by atoms with Gasteiger partial charge in [0, 0.05) is 13.0 Å². The lowest BCUT2D eigenvalue weighted by molar-refractivity contribution is -0.175. The minimum atomic E-state index is 0.147. The zero-order valence-electron chi connectivity index (χ0n) is 9.53. The highest BCUT2D eigenvalue weighted by Gasteiger charge is 2.36. The quantitative estimate of drug-likeness (QED) is 0.683. The highest BCUT2D eigenvalue weighted by molar-refractivity contribution is 5.77. The van der Waals surface area contributed by atoms with Crippen molar-refractivity contribution in [1.29, 1.82) is 0 Å². The van der Waals surface area contributed by atoms with E-state index in [0.29, 0.717) is 11.8 Å². The molecule has 15 heavy (non-hydrogen) atoms. The fraction of sp³-hybridized carbons (Fsp3) is 0.909. The van der Waals surface area contributed by atoms with E-state index >= 15 is 0 Å². The molecule has 4 nitrogen and oxygen atoms in total. The van der Waals surface area contributed by atoms with Gasteiger partial charge in [0.1, 0.15) is 0 Å². The van der Waals surface area contributed by atoms with Crippen LogP contribution in [-0.2, 0) is 9.63 Å². The Balaban J connectivity index is 1.96. The van der Waals surface area contributed by atoms with E-state index in [1.165, 1.54) is 11.5 Å². The van der Waals surface area contributed by atoms with Gasteiger partial charge in [-0.2, -0.15) is 0 Å². The van der Waals surface area contributed by atoms with Crippen molar-refractivity contribution < 1.29 is 9.63 Å². The van der Waals surface area contributed by atoms with Gasteiger partial charge in [-0.15, -0.1) is 0 Å². The van der Waals surface area contributed by atoms with Crippen molar-refractivity contribution in [3.63, 3.8) is 0 Å². The van der Waals surface area contributed by atoms with Crippen molar-refractivity contribution >= 4 is 5.91 Å². The average Bonchev–Trinajstić information content (AvgIpc) is 2.26. The van der Waals surface area contributed by atoms with Crippen molar-refractivity contribution in [1.82, 2.24) is 10.4 Å². The molecule has 1 saturated heterocycles. The van der Waals surface area contributed by atoms with Crippen molar-refractivity contribution in [3.8, 4) is 0 Å². The van der Waals surface area contributed by atoms with Crippen LogP contribution in [0.25, 0.3) is 0 Å². The van der Waals surface area contributed by atoms with E-state index in [9.17, 15) is 4.79 Å². The maximum absolute atomic E-state index is 11.9. The van der Waals surface area contributed by atoms with Crippen LogP contribution in [0.2, 0.25) is 0 Å². The van der Waals surface area contributed by atoms with Crippen LogP contribution in [0.4, 0.5) is 0 Å². The molecule has 2 bridgehead atoms. The smallest absolute Gasteiger partial charge is 0.248 e. The Kier molecular flexibility index (Phi) is 3.26. The van der Waals surface area contributed by atoms with E-state index in [1.54, 1.807) is 14.2 Å². The Hall–Kier alpha value is -0.610. The monoisotopic (exact) mass is 212 g/mol. The number of carbonyl (C=O) groups excluding carboxylic acids is 1. The normalized spacial score (nSPS) is 34.9. The minimum Gasteiger partial charge on any atom is -0.316 e. The lowest BCUT2D eigenvalue weighted by atomic mass is 9.73. The Morgan fingerprint density at radius 3 is 2.40 bits per heavy atom. The van der Waals surface area contributed by atoms with Gasteiger partial charge in [-0.1, -0.05) is 0 Å². The number of piperidine rings is 1. The van der Waals surface area contributed by atoms with Gasteiger partial charge in [0.25, 0.3) is 0 Å². The number of amides is 1. The van der Waals surface area contributed by atoms with E-state index in [1.807, 2.05) is 0 Å². The van der Waals surface area contributed by atoms with Crippen LogP contribution < -0.4 is 5.32 Å². The van der Waals surface area contributed by atoms with Crippen LogP contribution in [-0.4, -0.2) is 38.2 Å². The SMILES string of the molecule is CON(C)C(=O)C1CC2CNCC(C2)C1. The summed E-state index contributed by atoms with van der Waals surface area (Å²) < 4.78 is 0. The fourth-order valence-electron chi connectivity index (χ4n) is 2.94. The predicted octanol–water partition coefficient (Wildman–Crippen LogP) is 0.642. The summed E-state index contributed by atoms with van der Waals surface area (Å²) in [6.07, 6.45) is 3.35. The Morgan fingerprint density at radius 1 is 1.27 bits per heavy atom. The topological polar surface area (TPSA) is 41.6 Å². The Morgan fingerprint density at radius 2 is 1.87 bits per heavy atom. The minimum absolute atomic E-state index is 0.147. The molecule has 86 valence electrons. The molecule has 0 aromatic carbocycles. The number of nitrogens with one attached hydrogen (secondary N) is 1. The Labute approximate surface area is 90.9 Å². The first-order valence-electron chi connectivity index (χ1n) is 5.73. The van der Waals surface area contributed by atoms with E-state index in [4.69, 9.17) is 4.84 Å². The first-order valence-corrected chi connectivity index (χ1v) is 5.73. The highest BCUT2D eigenvalue weighted by Crippen LogP contribution is 2.35. The first-order chi connectivity index (χ1) is 7.20. The second-order valence-electron chi connectivity index (χ2n) is 4.81. The maximum atomic E-state index is 11.9. The number of carbonyl (C=O) groups is 1. The largest absolute Gasteiger partial charge is 0.316 e. The molecule has 2 rings (SSSR count). The molecule has 1 aliphatic heterocycles. The van der Waals surface area contributed by atoms with Crippen LogP contribution in [0.3, 0.4) is 0 Å². The number of hydrogen-bond acceptors (Lipinski definition) is 3. The molecular weight excluding hydrogens is 192 g/mol. The molecule has 2 fully saturated rings. The second kappa shape index (κ2) is 4.49. The maximum Gasteiger partial charge on any atom is 0.248 e. The van der Waals surface area contributed by atoms with Gasteiger partial charge in [0.05, 0.1) is 7.11 Å². The molecule has 0 radical (unpaired) electrons. The second-order valence-corrected chi connectivity index (χ2v) is 4.81. The molecule has 1 saturated carbocycles. The number of nitrogens with zero attached hydrogens (tertiary/aromatic N) is 1. The third kappa shape index (κ3) is 2.32. The first kappa shape index (κ1) is 10.9. The number of fused-ring (bicyclic) bond motifs is 2. The summed E-state index contributed by atoms with van der Waals surface area (Å²) in [5.74, 6) is 1.71. The van der Waals surface area contributed by atoms with Crippen LogP contribution in [0.5, 0.6) is 0 Å². The van der Waals surface area contributed by atoms with Gasteiger partial charge in [0.15, 0.2) is 0 Å². The molecule has 0 aromatic heterocycles. The van der Waals surface area contributed by atoms with E-state index in [0.717, 1.165) is 25.9 Å². The molecule has 0 spiro atoms. The van der Waals surface area contributed by atoms with Crippen LogP contribution in [0.15, 0.2) is 0 Å². The fourth-order valence-corrected chi connectivity index (χ4v) is 2.94. The summed E-state index contributed by atoms with van der Waals surface area (Å²) >= 11 is 0. The van der Waals surface area contributed by atoms with Gasteiger partial charge in [-0.3, -0.25) is 9.63 Å². The Bertz CT molecular complexity index is 233. The number of rotatable bonds is 2. The number of hydrogen-bond donors (Lipinski definition) is 1. The van der Waals surface area contributed by atoms with Gasteiger partial charge in [0.2, 0.25) is 5.91 Å². The lowest BCUT2D eigenvalue weighted by Crippen LogP contribution is -2.45. The summed E-state index contributed by atoms with van der Waals surface area (Å²) in [5, 5.41) is 4.81. The standard InChI is InChI=1S/C11H20N2O2/c1-13(15-2)11(14)10-4-8-3-9(5-10)7-12-6-8/h8-10,12H,3-7H2,1-2H3. The van der Waals surface area contributed by atoms with Gasteiger partial charge >= 0.3 is 0 Å². The molecule has 1 N–H and O–H groups in total. The molecule has 1 amide bonds. The van der Waals surface area contributed by atoms with E-state index < -0.39 is 0 Å². The molecule has 4 heteroatoms. The summed E-state index contributed by atoms with van der Waals surface area (Å²) in [4.78, 5) is 16.9. The van der Waals surface area contributed by atoms with Crippen LogP contribution >= 0.6 is 0 Å². The molecule has 0 aromatic rings. The van der Waals surface area contributed by atoms with E-state index in [2.05, 4.69) is 5.32 Å². The summed E-state index contributed by atoms with van der Waals surface area (Å²) in [6, 6.07) is 0. The zero-order valence-corrected chi connectivity index (χ0v) is 9.53. The van der Waals surface area contributed by atoms with Crippen molar-refractivity contribution in [2.24, 2.45) is 17.8 Å². The molecule has 1 heterocycles. The van der Waals surface area contributed by atoms with Crippen molar-refractivity contribution in [2.75, 3.05) is 27.2 Å². The third-order valence-electron chi connectivity index (χ3n) is 3.70. The lowest BCUT2D eigenvalue weighted by Gasteiger charge is -2.39. The van der Waals surface area contributed by atoms with Crippen LogP contribution in [0.1, 0.15) is 19.3 Å². The van der Waals surface area contributed by atoms with Crippen molar-refractivity contribution in [3.05, 3.63) is 0 Å². The molecule has 2 unspecified atom stereocenters. The predicted molar refractivity (Wildman–Crippen MR) is 57.0 cm³/mol. The highest BCUT2D eigenvalue weighted by atomic mass is 16.7. The van der Waals surface area contributed by atoms with Crippen molar-refractivity contribution in [2.45, 2.75) is 19.3 Å². The van der Waals surface area contributed by atoms with Gasteiger partial charge in [-0.25, -0.2) is 5.06 Å². The molecular formula is C11H20N2O2.